The Balaban J connectivity index is 1.15. The monoisotopic (exact) mass is 671 g/mol. The minimum atomic E-state index is -1.48. The lowest BCUT2D eigenvalue weighted by molar-refractivity contribution is 1.17. The minimum absolute atomic E-state index is 1.05. The molecule has 0 radical (unpaired) electrons. The predicted molar refractivity (Wildman–Crippen MR) is 220 cm³/mol. The largest absolute Gasteiger partial charge is 0.311 e. The summed E-state index contributed by atoms with van der Waals surface area (Å²) < 4.78 is 4.73. The van der Waals surface area contributed by atoms with Gasteiger partial charge in [-0.15, -0.1) is 5.54 Å². The molecule has 0 aliphatic heterocycles. The van der Waals surface area contributed by atoms with Gasteiger partial charge in [-0.1, -0.05) is 98.4 Å². The van der Waals surface area contributed by atoms with Crippen molar-refractivity contribution in [1.82, 2.24) is 9.13 Å². The van der Waals surface area contributed by atoms with Crippen molar-refractivity contribution in [3.63, 3.8) is 0 Å². The van der Waals surface area contributed by atoms with Gasteiger partial charge in [0, 0.05) is 55.5 Å². The first-order valence-electron chi connectivity index (χ1n) is 17.5. The summed E-state index contributed by atoms with van der Waals surface area (Å²) in [4.78, 5) is 2.33. The van der Waals surface area contributed by atoms with E-state index in [2.05, 4.69) is 215 Å². The van der Waals surface area contributed by atoms with Gasteiger partial charge >= 0.3 is 0 Å². The van der Waals surface area contributed by atoms with Crippen molar-refractivity contribution in [1.29, 1.82) is 0 Å². The molecule has 0 atom stereocenters. The van der Waals surface area contributed by atoms with Crippen molar-refractivity contribution >= 4 is 68.7 Å². The van der Waals surface area contributed by atoms with Gasteiger partial charge in [0.25, 0.3) is 0 Å². The molecule has 2 aromatic heterocycles. The third-order valence-electron chi connectivity index (χ3n) is 9.60. The molecule has 0 aliphatic carbocycles. The lowest BCUT2D eigenvalue weighted by Crippen LogP contribution is -2.16. The highest BCUT2D eigenvalue weighted by molar-refractivity contribution is 6.83. The molecule has 0 fully saturated rings. The fourth-order valence-electron chi connectivity index (χ4n) is 7.30. The molecular weight excluding hydrogens is 635 g/mol. The first-order valence-corrected chi connectivity index (χ1v) is 21.0. The maximum absolute atomic E-state index is 3.51. The number of fused-ring (bicyclic) bond motifs is 6. The van der Waals surface area contributed by atoms with Crippen molar-refractivity contribution in [2.75, 3.05) is 4.90 Å². The fourth-order valence-corrected chi connectivity index (χ4v) is 7.82. The van der Waals surface area contributed by atoms with Crippen LogP contribution in [0, 0.1) is 11.5 Å². The molecular formula is C47H37N3Si. The summed E-state index contributed by atoms with van der Waals surface area (Å²) >= 11 is 0. The van der Waals surface area contributed by atoms with Gasteiger partial charge in [0.15, 0.2) is 0 Å². The van der Waals surface area contributed by atoms with E-state index in [0.29, 0.717) is 0 Å². The van der Waals surface area contributed by atoms with Crippen LogP contribution in [-0.4, -0.2) is 17.2 Å². The fraction of sp³-hybridized carbons (Fsp3) is 0.0638. The van der Waals surface area contributed by atoms with Crippen LogP contribution in [0.2, 0.25) is 19.6 Å². The van der Waals surface area contributed by atoms with Gasteiger partial charge in [-0.2, -0.15) is 0 Å². The van der Waals surface area contributed by atoms with Gasteiger partial charge in [0.2, 0.25) is 0 Å². The van der Waals surface area contributed by atoms with E-state index in [0.717, 1.165) is 34.0 Å². The van der Waals surface area contributed by atoms with Gasteiger partial charge in [0.1, 0.15) is 8.07 Å². The van der Waals surface area contributed by atoms with Crippen LogP contribution >= 0.6 is 0 Å². The first-order chi connectivity index (χ1) is 24.9. The molecule has 9 rings (SSSR count). The number of benzene rings is 7. The Morgan fingerprint density at radius 3 is 1.04 bits per heavy atom. The average Bonchev–Trinajstić information content (AvgIpc) is 3.68. The lowest BCUT2D eigenvalue weighted by atomic mass is 10.1. The SMILES string of the molecule is C[Si](C)(C)C#Cc1ccc(N(c2ccc(-n3c4ccccc4c4ccccc43)cc2)c2ccc(-n3c4ccccc4c4ccccc43)cc2)cc1. The van der Waals surface area contributed by atoms with Crippen molar-refractivity contribution in [2.24, 2.45) is 0 Å². The van der Waals surface area contributed by atoms with Gasteiger partial charge in [-0.25, -0.2) is 0 Å². The smallest absolute Gasteiger partial charge is 0.129 e. The number of hydrogen-bond donors (Lipinski definition) is 0. The molecule has 7 aromatic carbocycles. The normalized spacial score (nSPS) is 11.7. The molecule has 0 aliphatic rings. The number of hydrogen-bond acceptors (Lipinski definition) is 1. The molecule has 4 heteroatoms. The topological polar surface area (TPSA) is 13.1 Å². The van der Waals surface area contributed by atoms with Crippen molar-refractivity contribution in [3.8, 4) is 22.8 Å². The van der Waals surface area contributed by atoms with Crippen molar-refractivity contribution in [3.05, 3.63) is 175 Å². The minimum Gasteiger partial charge on any atom is -0.311 e. The van der Waals surface area contributed by atoms with Crippen LogP contribution in [0.5, 0.6) is 0 Å². The standard InChI is InChI=1S/C47H37N3Si/c1-51(2,3)33-32-34-20-22-35(23-21-34)48(36-24-28-38(29-25-36)49-44-16-8-4-12-40(44)41-13-5-9-17-45(41)49)37-26-30-39(31-27-37)50-46-18-10-6-14-42(46)43-15-7-11-19-47(43)50/h4-31H,1-3H3. The molecule has 51 heavy (non-hydrogen) atoms. The van der Waals surface area contributed by atoms with E-state index >= 15 is 0 Å². The molecule has 0 spiro atoms. The number of anilines is 3. The Labute approximate surface area is 299 Å². The summed E-state index contributed by atoms with van der Waals surface area (Å²) in [5, 5.41) is 5.05. The molecule has 0 unspecified atom stereocenters. The molecule has 244 valence electrons. The van der Waals surface area contributed by atoms with Crippen LogP contribution in [-0.2, 0) is 0 Å². The highest BCUT2D eigenvalue weighted by Gasteiger charge is 2.17. The van der Waals surface area contributed by atoms with E-state index in [1.165, 1.54) is 43.6 Å². The molecule has 0 N–H and O–H groups in total. The van der Waals surface area contributed by atoms with E-state index in [-0.39, 0.29) is 0 Å². The zero-order valence-corrected chi connectivity index (χ0v) is 30.0. The van der Waals surface area contributed by atoms with E-state index in [1.54, 1.807) is 0 Å². The quantitative estimate of drug-likeness (QED) is 0.131. The molecule has 9 aromatic rings. The molecule has 3 nitrogen and oxygen atoms in total. The number of rotatable bonds is 5. The van der Waals surface area contributed by atoms with Gasteiger partial charge in [-0.05, 0) is 97.1 Å². The van der Waals surface area contributed by atoms with E-state index in [1.807, 2.05) is 0 Å². The van der Waals surface area contributed by atoms with Gasteiger partial charge in [0.05, 0.1) is 22.1 Å². The lowest BCUT2D eigenvalue weighted by Gasteiger charge is -2.26. The second-order valence-electron chi connectivity index (χ2n) is 14.2. The Kier molecular flexibility index (Phi) is 7.38. The highest BCUT2D eigenvalue weighted by atomic mass is 28.3. The summed E-state index contributed by atoms with van der Waals surface area (Å²) in [5.41, 5.74) is 14.9. The predicted octanol–water partition coefficient (Wildman–Crippen LogP) is 12.6. The highest BCUT2D eigenvalue weighted by Crippen LogP contribution is 2.38. The van der Waals surface area contributed by atoms with Crippen LogP contribution in [0.1, 0.15) is 5.56 Å². The van der Waals surface area contributed by atoms with E-state index < -0.39 is 8.07 Å². The van der Waals surface area contributed by atoms with Gasteiger partial charge in [-0.3, -0.25) is 0 Å². The third kappa shape index (κ3) is 5.49. The van der Waals surface area contributed by atoms with Crippen LogP contribution in [0.25, 0.3) is 55.0 Å². The summed E-state index contributed by atoms with van der Waals surface area (Å²) in [6, 6.07) is 61.2. The number of para-hydroxylation sites is 4. The van der Waals surface area contributed by atoms with Gasteiger partial charge < -0.3 is 14.0 Å². The second kappa shape index (κ2) is 12.2. The third-order valence-corrected chi connectivity index (χ3v) is 10.5. The van der Waals surface area contributed by atoms with Crippen molar-refractivity contribution < 1.29 is 0 Å². The Hall–Kier alpha value is -6.28. The Morgan fingerprint density at radius 2 is 0.706 bits per heavy atom. The van der Waals surface area contributed by atoms with Crippen molar-refractivity contribution in [2.45, 2.75) is 19.6 Å². The summed E-state index contributed by atoms with van der Waals surface area (Å²) in [7, 11) is -1.48. The van der Waals surface area contributed by atoms with Crippen LogP contribution in [0.15, 0.2) is 170 Å². The summed E-state index contributed by atoms with van der Waals surface area (Å²) in [6.07, 6.45) is 0. The Morgan fingerprint density at radius 1 is 0.392 bits per heavy atom. The van der Waals surface area contributed by atoms with E-state index in [4.69, 9.17) is 0 Å². The molecule has 0 bridgehead atoms. The van der Waals surface area contributed by atoms with Crippen LogP contribution in [0.3, 0.4) is 0 Å². The zero-order chi connectivity index (χ0) is 34.5. The zero-order valence-electron chi connectivity index (χ0n) is 29.0. The molecule has 0 saturated carbocycles. The average molecular weight is 672 g/mol. The second-order valence-corrected chi connectivity index (χ2v) is 18.9. The first kappa shape index (κ1) is 30.8. The van der Waals surface area contributed by atoms with E-state index in [9.17, 15) is 0 Å². The van der Waals surface area contributed by atoms with Crippen LogP contribution < -0.4 is 4.90 Å². The Bertz CT molecular complexity index is 2500. The molecule has 2 heterocycles. The maximum Gasteiger partial charge on any atom is 0.129 e. The number of aromatic nitrogens is 2. The summed E-state index contributed by atoms with van der Waals surface area (Å²) in [6.45, 7) is 6.84. The number of nitrogens with zero attached hydrogens (tertiary/aromatic N) is 3. The molecule has 0 saturated heterocycles. The maximum atomic E-state index is 3.51. The molecule has 0 amide bonds. The summed E-state index contributed by atoms with van der Waals surface area (Å²) in [5.74, 6) is 3.42. The van der Waals surface area contributed by atoms with Crippen LogP contribution in [0.4, 0.5) is 17.1 Å².